The van der Waals surface area contributed by atoms with E-state index in [9.17, 15) is 9.59 Å². The molecular weight excluding hydrogens is 532 g/mol. The van der Waals surface area contributed by atoms with Gasteiger partial charge >= 0.3 is 5.97 Å². The fraction of sp³-hybridized carbons (Fsp3) is 0.517. The quantitative estimate of drug-likeness (QED) is 0.176. The molecule has 39 heavy (non-hydrogen) atoms. The van der Waals surface area contributed by atoms with E-state index in [0.29, 0.717) is 28.1 Å². The molecular formula is C29H38N4O4S2. The number of hydrogen-bond acceptors (Lipinski definition) is 8. The highest BCUT2D eigenvalue weighted by Crippen LogP contribution is 2.38. The Balaban J connectivity index is 1.42. The minimum Gasteiger partial charge on any atom is -0.483 e. The number of carbonyl (C=O) groups excluding carboxylic acids is 2. The lowest BCUT2D eigenvalue weighted by atomic mass is 9.87. The lowest BCUT2D eigenvalue weighted by molar-refractivity contribution is -0.113. The minimum atomic E-state index is -0.394. The zero-order valence-corrected chi connectivity index (χ0v) is 25.3. The average molecular weight is 571 g/mol. The lowest BCUT2D eigenvalue weighted by Crippen LogP contribution is -2.17. The number of nitrogens with zero attached hydrogens (tertiary/aromatic N) is 3. The van der Waals surface area contributed by atoms with Crippen LogP contribution in [0, 0.1) is 0 Å². The van der Waals surface area contributed by atoms with E-state index in [-0.39, 0.29) is 23.2 Å². The molecule has 1 aliphatic carbocycles. The predicted molar refractivity (Wildman–Crippen MR) is 156 cm³/mol. The first-order chi connectivity index (χ1) is 18.6. The summed E-state index contributed by atoms with van der Waals surface area (Å²) in [5.74, 6) is 1.03. The highest BCUT2D eigenvalue weighted by molar-refractivity contribution is 7.99. The van der Waals surface area contributed by atoms with Gasteiger partial charge in [0.05, 0.1) is 18.4 Å². The number of esters is 1. The van der Waals surface area contributed by atoms with Crippen molar-refractivity contribution in [1.29, 1.82) is 0 Å². The molecule has 0 radical (unpaired) electrons. The second kappa shape index (κ2) is 12.6. The lowest BCUT2D eigenvalue weighted by Gasteiger charge is -2.20. The molecule has 0 fully saturated rings. The maximum atomic E-state index is 12.9. The van der Waals surface area contributed by atoms with Crippen LogP contribution in [0.15, 0.2) is 29.4 Å². The number of hydrogen-bond donors (Lipinski definition) is 1. The molecule has 0 spiro atoms. The summed E-state index contributed by atoms with van der Waals surface area (Å²) in [6.45, 7) is 11.2. The molecule has 0 saturated heterocycles. The SMILES string of the molecule is CCn1c(SCC(=O)Nc2sc3c(c2C(=O)OC)CCCCC3)nnc1C(C)Oc1ccc(C(C)(C)C)cc1. The first-order valence-electron chi connectivity index (χ1n) is 13.5. The molecule has 210 valence electrons. The molecule has 1 aliphatic rings. The van der Waals surface area contributed by atoms with E-state index in [1.54, 1.807) is 0 Å². The van der Waals surface area contributed by atoms with Gasteiger partial charge in [0.1, 0.15) is 10.8 Å². The number of rotatable bonds is 9. The molecule has 2 heterocycles. The van der Waals surface area contributed by atoms with E-state index in [0.717, 1.165) is 43.4 Å². The molecule has 1 unspecified atom stereocenters. The summed E-state index contributed by atoms with van der Waals surface area (Å²) in [7, 11) is 1.38. The number of thioether (sulfide) groups is 1. The molecule has 1 N–H and O–H groups in total. The van der Waals surface area contributed by atoms with E-state index in [2.05, 4.69) is 48.4 Å². The van der Waals surface area contributed by atoms with E-state index in [4.69, 9.17) is 9.47 Å². The van der Waals surface area contributed by atoms with Gasteiger partial charge in [0, 0.05) is 11.4 Å². The van der Waals surface area contributed by atoms with E-state index in [1.165, 1.54) is 40.6 Å². The van der Waals surface area contributed by atoms with Crippen LogP contribution in [0.1, 0.15) is 92.2 Å². The number of anilines is 1. The molecule has 8 nitrogen and oxygen atoms in total. The topological polar surface area (TPSA) is 95.3 Å². The summed E-state index contributed by atoms with van der Waals surface area (Å²) in [4.78, 5) is 26.7. The van der Waals surface area contributed by atoms with Gasteiger partial charge < -0.3 is 19.4 Å². The summed E-state index contributed by atoms with van der Waals surface area (Å²) in [5, 5.41) is 12.9. The number of fused-ring (bicyclic) bond motifs is 1. The third-order valence-electron chi connectivity index (χ3n) is 6.85. The number of nitrogens with one attached hydrogen (secondary N) is 1. The zero-order chi connectivity index (χ0) is 28.2. The highest BCUT2D eigenvalue weighted by Gasteiger charge is 2.27. The summed E-state index contributed by atoms with van der Waals surface area (Å²) in [6, 6.07) is 8.14. The molecule has 4 rings (SSSR count). The molecule has 3 aromatic rings. The van der Waals surface area contributed by atoms with Crippen molar-refractivity contribution in [2.45, 2.75) is 89.9 Å². The number of benzene rings is 1. The Kier molecular flexibility index (Phi) is 9.38. The van der Waals surface area contributed by atoms with Gasteiger partial charge in [-0.2, -0.15) is 0 Å². The van der Waals surface area contributed by atoms with Crippen LogP contribution in [-0.2, 0) is 34.3 Å². The fourth-order valence-corrected chi connectivity index (χ4v) is 6.84. The van der Waals surface area contributed by atoms with Crippen molar-refractivity contribution in [3.63, 3.8) is 0 Å². The average Bonchev–Trinajstić information content (AvgIpc) is 3.39. The summed E-state index contributed by atoms with van der Waals surface area (Å²) >= 11 is 2.81. The highest BCUT2D eigenvalue weighted by atomic mass is 32.2. The Hall–Kier alpha value is -2.85. The Labute approximate surface area is 238 Å². The number of aromatic nitrogens is 3. The van der Waals surface area contributed by atoms with Crippen molar-refractivity contribution in [1.82, 2.24) is 14.8 Å². The summed E-state index contributed by atoms with van der Waals surface area (Å²) < 4.78 is 13.2. The monoisotopic (exact) mass is 570 g/mol. The fourth-order valence-electron chi connectivity index (χ4n) is 4.74. The normalized spacial score (nSPS) is 14.3. The number of amides is 1. The van der Waals surface area contributed by atoms with Crippen LogP contribution in [0.3, 0.4) is 0 Å². The van der Waals surface area contributed by atoms with Crippen LogP contribution in [0.5, 0.6) is 5.75 Å². The second-order valence-corrected chi connectivity index (χ2v) is 12.8. The minimum absolute atomic E-state index is 0.0774. The largest absolute Gasteiger partial charge is 0.483 e. The van der Waals surface area contributed by atoms with Crippen molar-refractivity contribution in [3.8, 4) is 5.75 Å². The van der Waals surface area contributed by atoms with Crippen LogP contribution < -0.4 is 10.1 Å². The van der Waals surface area contributed by atoms with Crippen LogP contribution >= 0.6 is 23.1 Å². The Morgan fingerprint density at radius 3 is 2.51 bits per heavy atom. The van der Waals surface area contributed by atoms with Crippen LogP contribution in [-0.4, -0.2) is 39.5 Å². The van der Waals surface area contributed by atoms with Crippen LogP contribution in [0.2, 0.25) is 0 Å². The van der Waals surface area contributed by atoms with Gasteiger partial charge in [0.25, 0.3) is 0 Å². The van der Waals surface area contributed by atoms with Crippen LogP contribution in [0.25, 0.3) is 0 Å². The summed E-state index contributed by atoms with van der Waals surface area (Å²) in [5.41, 5.74) is 2.87. The number of aryl methyl sites for hydroxylation is 1. The van der Waals surface area contributed by atoms with Gasteiger partial charge in [-0.15, -0.1) is 21.5 Å². The molecule has 0 bridgehead atoms. The molecule has 2 aromatic heterocycles. The standard InChI is InChI=1S/C29H38N4O4S2/c1-7-33-25(18(2)37-20-15-13-19(14-16-20)29(3,4)5)31-32-28(33)38-17-23(34)30-26-24(27(35)36-6)21-11-9-8-10-12-22(21)39-26/h13-16,18H,7-12,17H2,1-6H3,(H,30,34). The van der Waals surface area contributed by atoms with Gasteiger partial charge in [-0.3, -0.25) is 4.79 Å². The maximum Gasteiger partial charge on any atom is 0.341 e. The van der Waals surface area contributed by atoms with E-state index >= 15 is 0 Å². The van der Waals surface area contributed by atoms with Gasteiger partial charge in [-0.05, 0) is 68.2 Å². The molecule has 1 atom stereocenters. The smallest absolute Gasteiger partial charge is 0.341 e. The number of carbonyl (C=O) groups is 2. The van der Waals surface area contributed by atoms with Gasteiger partial charge in [0.15, 0.2) is 17.1 Å². The van der Waals surface area contributed by atoms with Crippen molar-refractivity contribution in [2.75, 3.05) is 18.2 Å². The maximum absolute atomic E-state index is 12.9. The molecule has 0 saturated carbocycles. The first kappa shape index (κ1) is 29.1. The number of thiophene rings is 1. The molecule has 1 aromatic carbocycles. The number of ether oxygens (including phenoxy) is 2. The van der Waals surface area contributed by atoms with E-state index in [1.807, 2.05) is 30.5 Å². The van der Waals surface area contributed by atoms with Crippen molar-refractivity contribution >= 4 is 40.0 Å². The second-order valence-electron chi connectivity index (χ2n) is 10.7. The molecule has 0 aliphatic heterocycles. The zero-order valence-electron chi connectivity index (χ0n) is 23.6. The number of methoxy groups -OCH3 is 1. The third kappa shape index (κ3) is 6.84. The van der Waals surface area contributed by atoms with Gasteiger partial charge in [-0.25, -0.2) is 4.79 Å². The molecule has 10 heteroatoms. The first-order valence-corrected chi connectivity index (χ1v) is 15.3. The van der Waals surface area contributed by atoms with Crippen molar-refractivity contribution in [3.05, 3.63) is 51.7 Å². The van der Waals surface area contributed by atoms with Gasteiger partial charge in [-0.1, -0.05) is 51.1 Å². The predicted octanol–water partition coefficient (Wildman–Crippen LogP) is 6.58. The van der Waals surface area contributed by atoms with E-state index < -0.39 is 5.97 Å². The van der Waals surface area contributed by atoms with Gasteiger partial charge in [0.2, 0.25) is 5.91 Å². The van der Waals surface area contributed by atoms with Crippen LogP contribution in [0.4, 0.5) is 5.00 Å². The Bertz CT molecular complexity index is 1310. The Morgan fingerprint density at radius 2 is 1.85 bits per heavy atom. The van der Waals surface area contributed by atoms with Crippen molar-refractivity contribution in [2.24, 2.45) is 0 Å². The molecule has 1 amide bonds. The van der Waals surface area contributed by atoms with Crippen molar-refractivity contribution < 1.29 is 19.1 Å². The summed E-state index contributed by atoms with van der Waals surface area (Å²) in [6.07, 6.45) is 4.73. The third-order valence-corrected chi connectivity index (χ3v) is 9.03. The Morgan fingerprint density at radius 1 is 1.13 bits per heavy atom.